The first kappa shape index (κ1) is 14.2. The van der Waals surface area contributed by atoms with Crippen molar-refractivity contribution in [1.29, 1.82) is 5.26 Å². The van der Waals surface area contributed by atoms with Crippen molar-refractivity contribution in [1.82, 2.24) is 4.90 Å². The largest absolute Gasteiger partial charge is 0.416 e. The van der Waals surface area contributed by atoms with Gasteiger partial charge in [0.1, 0.15) is 11.6 Å². The quantitative estimate of drug-likeness (QED) is 0.485. The molecule has 2 rings (SSSR count). The predicted molar refractivity (Wildman–Crippen MR) is 63.1 cm³/mol. The molecule has 0 amide bonds. The van der Waals surface area contributed by atoms with Crippen molar-refractivity contribution in [3.05, 3.63) is 29.3 Å². The normalized spacial score (nSPS) is 17.0. The maximum absolute atomic E-state index is 12.9. The van der Waals surface area contributed by atoms with E-state index in [1.165, 1.54) is 12.1 Å². The Morgan fingerprint density at radius 1 is 1.37 bits per heavy atom. The van der Waals surface area contributed by atoms with Gasteiger partial charge in [-0.3, -0.25) is 4.90 Å². The van der Waals surface area contributed by atoms with Crippen molar-refractivity contribution in [3.8, 4) is 5.40 Å². The van der Waals surface area contributed by atoms with Crippen LogP contribution in [0, 0.1) is 10.7 Å². The van der Waals surface area contributed by atoms with Gasteiger partial charge in [-0.05, 0) is 29.5 Å². The summed E-state index contributed by atoms with van der Waals surface area (Å²) >= 11 is 0.685. The number of hydrogen-bond acceptors (Lipinski definition) is 3. The van der Waals surface area contributed by atoms with Crippen LogP contribution in [0.15, 0.2) is 23.1 Å². The molecule has 1 heterocycles. The number of rotatable bonds is 3. The van der Waals surface area contributed by atoms with E-state index in [2.05, 4.69) is 0 Å². The van der Waals surface area contributed by atoms with Gasteiger partial charge < -0.3 is 0 Å². The fraction of sp³-hybridized carbons (Fsp3) is 0.417. The number of nitrogens with zero attached hydrogens (tertiary/aromatic N) is 2. The summed E-state index contributed by atoms with van der Waals surface area (Å²) < 4.78 is 51.5. The van der Waals surface area contributed by atoms with Crippen LogP contribution >= 0.6 is 11.8 Å². The molecule has 0 spiro atoms. The standard InChI is InChI=1S/C12H10F4N2S/c13-9-5-18(6-9)4-8-1-2-10(19-7-17)3-11(8)12(14,15)16/h1-3,9H,4-6H2. The second kappa shape index (κ2) is 5.39. The molecule has 0 radical (unpaired) electrons. The molecule has 0 aliphatic carbocycles. The molecule has 102 valence electrons. The number of alkyl halides is 4. The van der Waals surface area contributed by atoms with Crippen molar-refractivity contribution in [2.75, 3.05) is 13.1 Å². The summed E-state index contributed by atoms with van der Waals surface area (Å²) in [4.78, 5) is 1.87. The van der Waals surface area contributed by atoms with Gasteiger partial charge in [0.2, 0.25) is 0 Å². The third kappa shape index (κ3) is 3.39. The molecule has 1 aromatic carbocycles. The van der Waals surface area contributed by atoms with E-state index < -0.39 is 17.9 Å². The third-order valence-corrected chi connectivity index (χ3v) is 3.44. The van der Waals surface area contributed by atoms with Gasteiger partial charge in [-0.25, -0.2) is 4.39 Å². The smallest absolute Gasteiger partial charge is 0.293 e. The summed E-state index contributed by atoms with van der Waals surface area (Å²) in [6, 6.07) is 3.80. The van der Waals surface area contributed by atoms with Gasteiger partial charge in [-0.15, -0.1) is 0 Å². The first-order valence-electron chi connectivity index (χ1n) is 5.52. The lowest BCUT2D eigenvalue weighted by Crippen LogP contribution is -2.47. The van der Waals surface area contributed by atoms with Crippen LogP contribution in [-0.4, -0.2) is 24.2 Å². The summed E-state index contributed by atoms with van der Waals surface area (Å²) in [6.45, 7) is 0.421. The van der Waals surface area contributed by atoms with Gasteiger partial charge in [-0.2, -0.15) is 18.4 Å². The van der Waals surface area contributed by atoms with Crippen LogP contribution in [0.5, 0.6) is 0 Å². The Labute approximate surface area is 112 Å². The second-order valence-electron chi connectivity index (χ2n) is 4.30. The van der Waals surface area contributed by atoms with Crippen LogP contribution in [0.25, 0.3) is 0 Å². The zero-order chi connectivity index (χ0) is 14.0. The Balaban J connectivity index is 2.24. The SMILES string of the molecule is N#CSc1ccc(CN2CC(F)C2)c(C(F)(F)F)c1. The molecule has 0 aromatic heterocycles. The van der Waals surface area contributed by atoms with E-state index in [0.29, 0.717) is 11.8 Å². The summed E-state index contributed by atoms with van der Waals surface area (Å²) in [5.41, 5.74) is -0.642. The number of likely N-dealkylation sites (tertiary alicyclic amines) is 1. The summed E-state index contributed by atoms with van der Waals surface area (Å²) in [5.74, 6) is 0. The monoisotopic (exact) mass is 290 g/mol. The van der Waals surface area contributed by atoms with Crippen LogP contribution in [0.1, 0.15) is 11.1 Å². The van der Waals surface area contributed by atoms with Crippen LogP contribution in [0.3, 0.4) is 0 Å². The Hall–Kier alpha value is -1.26. The zero-order valence-electron chi connectivity index (χ0n) is 9.75. The van der Waals surface area contributed by atoms with Crippen molar-refractivity contribution in [2.24, 2.45) is 0 Å². The first-order chi connectivity index (χ1) is 8.90. The third-order valence-electron chi connectivity index (χ3n) is 2.86. The van der Waals surface area contributed by atoms with Gasteiger partial charge >= 0.3 is 6.18 Å². The molecule has 0 bridgehead atoms. The first-order valence-corrected chi connectivity index (χ1v) is 6.34. The number of thioether (sulfide) groups is 1. The van der Waals surface area contributed by atoms with Gasteiger partial charge in [-0.1, -0.05) is 6.07 Å². The number of halogens is 4. The van der Waals surface area contributed by atoms with Crippen molar-refractivity contribution >= 4 is 11.8 Å². The van der Waals surface area contributed by atoms with Crippen LogP contribution in [-0.2, 0) is 12.7 Å². The lowest BCUT2D eigenvalue weighted by molar-refractivity contribution is -0.138. The Bertz CT molecular complexity index is 503. The van der Waals surface area contributed by atoms with E-state index in [-0.39, 0.29) is 30.1 Å². The minimum absolute atomic E-state index is 0.0762. The van der Waals surface area contributed by atoms with E-state index in [1.807, 2.05) is 0 Å². The molecule has 0 N–H and O–H groups in total. The van der Waals surface area contributed by atoms with Crippen molar-refractivity contribution in [3.63, 3.8) is 0 Å². The highest BCUT2D eigenvalue weighted by Crippen LogP contribution is 2.35. The van der Waals surface area contributed by atoms with Gasteiger partial charge in [0, 0.05) is 24.5 Å². The van der Waals surface area contributed by atoms with Crippen molar-refractivity contribution in [2.45, 2.75) is 23.8 Å². The van der Waals surface area contributed by atoms with Crippen molar-refractivity contribution < 1.29 is 17.6 Å². The Morgan fingerprint density at radius 3 is 2.58 bits per heavy atom. The molecule has 7 heteroatoms. The topological polar surface area (TPSA) is 27.0 Å². The van der Waals surface area contributed by atoms with Gasteiger partial charge in [0.05, 0.1) is 5.56 Å². The minimum atomic E-state index is -4.47. The highest BCUT2D eigenvalue weighted by atomic mass is 32.2. The lowest BCUT2D eigenvalue weighted by atomic mass is 10.0. The molecule has 19 heavy (non-hydrogen) atoms. The van der Waals surface area contributed by atoms with Crippen LogP contribution < -0.4 is 0 Å². The zero-order valence-corrected chi connectivity index (χ0v) is 10.6. The van der Waals surface area contributed by atoms with Gasteiger partial charge in [0.25, 0.3) is 0 Å². The number of nitriles is 1. The van der Waals surface area contributed by atoms with E-state index in [0.717, 1.165) is 6.07 Å². The molecule has 1 saturated heterocycles. The molecule has 2 nitrogen and oxygen atoms in total. The summed E-state index contributed by atoms with van der Waals surface area (Å²) in [6.07, 6.45) is -5.41. The molecule has 1 fully saturated rings. The fourth-order valence-corrected chi connectivity index (χ4v) is 2.37. The fourth-order valence-electron chi connectivity index (χ4n) is 1.95. The molecular weight excluding hydrogens is 280 g/mol. The molecule has 1 aromatic rings. The molecule has 0 atom stereocenters. The molecular formula is C12H10F4N2S. The number of thiocyanates is 1. The molecule has 1 aliphatic rings. The number of benzene rings is 1. The summed E-state index contributed by atoms with van der Waals surface area (Å²) in [7, 11) is 0. The Kier molecular flexibility index (Phi) is 4.02. The predicted octanol–water partition coefficient (Wildman–Crippen LogP) is 3.43. The molecule has 0 unspecified atom stereocenters. The average Bonchev–Trinajstić information content (AvgIpc) is 2.28. The average molecular weight is 290 g/mol. The maximum atomic E-state index is 12.9. The highest BCUT2D eigenvalue weighted by molar-refractivity contribution is 8.03. The second-order valence-corrected chi connectivity index (χ2v) is 5.16. The lowest BCUT2D eigenvalue weighted by Gasteiger charge is -2.34. The van der Waals surface area contributed by atoms with Gasteiger partial charge in [0.15, 0.2) is 0 Å². The molecule has 1 aliphatic heterocycles. The number of hydrogen-bond donors (Lipinski definition) is 0. The van der Waals surface area contributed by atoms with E-state index in [4.69, 9.17) is 5.26 Å². The van der Waals surface area contributed by atoms with E-state index >= 15 is 0 Å². The molecule has 0 saturated carbocycles. The van der Waals surface area contributed by atoms with Crippen LogP contribution in [0.4, 0.5) is 17.6 Å². The highest BCUT2D eigenvalue weighted by Gasteiger charge is 2.35. The van der Waals surface area contributed by atoms with E-state index in [9.17, 15) is 17.6 Å². The van der Waals surface area contributed by atoms with E-state index in [1.54, 1.807) is 10.3 Å². The minimum Gasteiger partial charge on any atom is -0.293 e. The van der Waals surface area contributed by atoms with Crippen LogP contribution in [0.2, 0.25) is 0 Å². The maximum Gasteiger partial charge on any atom is 0.416 e. The Morgan fingerprint density at radius 2 is 2.05 bits per heavy atom. The summed E-state index contributed by atoms with van der Waals surface area (Å²) in [5, 5.41) is 10.2.